The lowest BCUT2D eigenvalue weighted by atomic mass is 10.0. The molecule has 0 aliphatic rings. The third kappa shape index (κ3) is 3.33. The number of carbonyl (C=O) groups is 1. The molecule has 0 aliphatic carbocycles. The third-order valence-electron chi connectivity index (χ3n) is 2.93. The van der Waals surface area contributed by atoms with Crippen LogP contribution in [0.3, 0.4) is 0 Å². The van der Waals surface area contributed by atoms with Gasteiger partial charge in [0.05, 0.1) is 0 Å². The van der Waals surface area contributed by atoms with Crippen molar-refractivity contribution in [3.05, 3.63) is 65.2 Å². The lowest BCUT2D eigenvalue weighted by Gasteiger charge is -2.07. The molecule has 0 aromatic heterocycles. The van der Waals surface area contributed by atoms with Gasteiger partial charge in [-0.25, -0.2) is 0 Å². The van der Waals surface area contributed by atoms with Gasteiger partial charge in [-0.1, -0.05) is 54.1 Å². The number of rotatable bonds is 3. The molecule has 2 heteroatoms. The summed E-state index contributed by atoms with van der Waals surface area (Å²) in [4.78, 5) is 11.1. The molecular weight excluding hydrogens is 256 g/mol. The van der Waals surface area contributed by atoms with Crippen molar-refractivity contribution < 1.29 is 4.79 Å². The van der Waals surface area contributed by atoms with Crippen molar-refractivity contribution in [2.75, 3.05) is 0 Å². The Bertz CT molecular complexity index is 627. The predicted octanol–water partition coefficient (Wildman–Crippen LogP) is 5.00. The second kappa shape index (κ2) is 5.85. The summed E-state index contributed by atoms with van der Waals surface area (Å²) in [6.07, 6.45) is 1.62. The summed E-state index contributed by atoms with van der Waals surface area (Å²) in [6, 6.07) is 15.9. The van der Waals surface area contributed by atoms with E-state index in [0.29, 0.717) is 5.02 Å². The summed E-state index contributed by atoms with van der Waals surface area (Å²) < 4.78 is 0. The van der Waals surface area contributed by atoms with Crippen LogP contribution >= 0.6 is 11.6 Å². The van der Waals surface area contributed by atoms with Crippen molar-refractivity contribution in [1.82, 2.24) is 0 Å². The second-order valence-electron chi connectivity index (χ2n) is 4.50. The molecule has 0 atom stereocenters. The fourth-order valence-corrected chi connectivity index (χ4v) is 2.29. The predicted molar refractivity (Wildman–Crippen MR) is 81.2 cm³/mol. The van der Waals surface area contributed by atoms with E-state index in [0.717, 1.165) is 22.3 Å². The van der Waals surface area contributed by atoms with Gasteiger partial charge in [-0.3, -0.25) is 4.79 Å². The van der Waals surface area contributed by atoms with Gasteiger partial charge in [-0.15, -0.1) is 0 Å². The van der Waals surface area contributed by atoms with Gasteiger partial charge in [-0.05, 0) is 42.7 Å². The molecule has 0 saturated carbocycles. The van der Waals surface area contributed by atoms with Crippen molar-refractivity contribution in [2.45, 2.75) is 13.8 Å². The number of carbonyl (C=O) groups excluding carboxylic acids is 1. The molecule has 0 amide bonds. The minimum absolute atomic E-state index is 0.0424. The van der Waals surface area contributed by atoms with Gasteiger partial charge < -0.3 is 0 Å². The van der Waals surface area contributed by atoms with Gasteiger partial charge >= 0.3 is 0 Å². The Morgan fingerprint density at radius 3 is 2.32 bits per heavy atom. The molecule has 0 saturated heterocycles. The molecule has 0 spiro atoms. The van der Waals surface area contributed by atoms with Crippen LogP contribution in [0.15, 0.2) is 54.6 Å². The van der Waals surface area contributed by atoms with Gasteiger partial charge in [0.25, 0.3) is 0 Å². The van der Waals surface area contributed by atoms with Crippen LogP contribution in [0.4, 0.5) is 0 Å². The number of ketones is 1. The van der Waals surface area contributed by atoms with E-state index >= 15 is 0 Å². The molecule has 1 nitrogen and oxygen atoms in total. The summed E-state index contributed by atoms with van der Waals surface area (Å²) >= 11 is 6.33. The van der Waals surface area contributed by atoms with Crippen molar-refractivity contribution in [3.63, 3.8) is 0 Å². The van der Waals surface area contributed by atoms with Gasteiger partial charge in [0.2, 0.25) is 0 Å². The molecule has 2 rings (SSSR count). The van der Waals surface area contributed by atoms with E-state index in [1.165, 1.54) is 0 Å². The Morgan fingerprint density at radius 2 is 1.74 bits per heavy atom. The zero-order valence-electron chi connectivity index (χ0n) is 11.0. The number of halogens is 1. The highest BCUT2D eigenvalue weighted by atomic mass is 35.5. The van der Waals surface area contributed by atoms with Crippen LogP contribution < -0.4 is 0 Å². The molecule has 2 aromatic rings. The normalized spacial score (nSPS) is 11.4. The van der Waals surface area contributed by atoms with Crippen LogP contribution in [0.1, 0.15) is 19.4 Å². The van der Waals surface area contributed by atoms with Gasteiger partial charge in [0, 0.05) is 10.6 Å². The minimum Gasteiger partial charge on any atom is -0.295 e. The maximum absolute atomic E-state index is 11.1. The van der Waals surface area contributed by atoms with Crippen molar-refractivity contribution in [2.24, 2.45) is 0 Å². The Labute approximate surface area is 118 Å². The molecule has 0 unspecified atom stereocenters. The molecule has 0 aliphatic heterocycles. The molecule has 0 heterocycles. The average molecular weight is 271 g/mol. The topological polar surface area (TPSA) is 17.1 Å². The zero-order chi connectivity index (χ0) is 13.8. The third-order valence-corrected chi connectivity index (χ3v) is 3.24. The summed E-state index contributed by atoms with van der Waals surface area (Å²) in [5.74, 6) is 0.0424. The molecule has 0 fully saturated rings. The summed E-state index contributed by atoms with van der Waals surface area (Å²) in [6.45, 7) is 3.46. The van der Waals surface area contributed by atoms with Gasteiger partial charge in [0.1, 0.15) is 0 Å². The summed E-state index contributed by atoms with van der Waals surface area (Å²) in [5.41, 5.74) is 3.99. The first-order valence-electron chi connectivity index (χ1n) is 6.12. The van der Waals surface area contributed by atoms with E-state index < -0.39 is 0 Å². The Morgan fingerprint density at radius 1 is 1.05 bits per heavy atom. The molecule has 19 heavy (non-hydrogen) atoms. The van der Waals surface area contributed by atoms with Crippen molar-refractivity contribution in [3.8, 4) is 11.1 Å². The highest BCUT2D eigenvalue weighted by molar-refractivity contribution is 6.33. The first-order valence-corrected chi connectivity index (χ1v) is 6.50. The first-order chi connectivity index (χ1) is 9.08. The second-order valence-corrected chi connectivity index (χ2v) is 4.91. The quantitative estimate of drug-likeness (QED) is 0.718. The van der Waals surface area contributed by atoms with Crippen molar-refractivity contribution >= 4 is 23.0 Å². The SMILES string of the molecule is CC(=O)/C=C(/C)c1ccc(-c2ccccc2)c(Cl)c1. The number of hydrogen-bond donors (Lipinski definition) is 0. The zero-order valence-corrected chi connectivity index (χ0v) is 11.7. The molecular formula is C17H15ClO. The van der Waals surface area contributed by atoms with Crippen molar-refractivity contribution in [1.29, 1.82) is 0 Å². The van der Waals surface area contributed by atoms with Crippen LogP contribution in [0.2, 0.25) is 5.02 Å². The van der Waals surface area contributed by atoms with Crippen LogP contribution in [0, 0.1) is 0 Å². The van der Waals surface area contributed by atoms with Crippen LogP contribution in [0.25, 0.3) is 16.7 Å². The molecule has 0 radical (unpaired) electrons. The number of hydrogen-bond acceptors (Lipinski definition) is 1. The average Bonchev–Trinajstić information content (AvgIpc) is 2.38. The highest BCUT2D eigenvalue weighted by Gasteiger charge is 2.05. The molecule has 96 valence electrons. The monoisotopic (exact) mass is 270 g/mol. The number of allylic oxidation sites excluding steroid dienone is 2. The fraction of sp³-hybridized carbons (Fsp3) is 0.118. The smallest absolute Gasteiger partial charge is 0.152 e. The number of benzene rings is 2. The van der Waals surface area contributed by atoms with Crippen LogP contribution in [0.5, 0.6) is 0 Å². The summed E-state index contributed by atoms with van der Waals surface area (Å²) in [5, 5.41) is 0.694. The van der Waals surface area contributed by atoms with Crippen LogP contribution in [-0.4, -0.2) is 5.78 Å². The Hall–Kier alpha value is -1.86. The first kappa shape index (κ1) is 13.6. The largest absolute Gasteiger partial charge is 0.295 e. The maximum atomic E-state index is 11.1. The summed E-state index contributed by atoms with van der Waals surface area (Å²) in [7, 11) is 0. The van der Waals surface area contributed by atoms with E-state index in [9.17, 15) is 4.79 Å². The maximum Gasteiger partial charge on any atom is 0.152 e. The van der Waals surface area contributed by atoms with E-state index in [1.807, 2.05) is 55.5 Å². The molecule has 2 aromatic carbocycles. The van der Waals surface area contributed by atoms with Gasteiger partial charge in [-0.2, -0.15) is 0 Å². The highest BCUT2D eigenvalue weighted by Crippen LogP contribution is 2.30. The minimum atomic E-state index is 0.0424. The van der Waals surface area contributed by atoms with E-state index in [2.05, 4.69) is 0 Å². The lowest BCUT2D eigenvalue weighted by Crippen LogP contribution is -1.88. The van der Waals surface area contributed by atoms with E-state index in [1.54, 1.807) is 13.0 Å². The van der Waals surface area contributed by atoms with Gasteiger partial charge in [0.15, 0.2) is 5.78 Å². The Kier molecular flexibility index (Phi) is 4.18. The lowest BCUT2D eigenvalue weighted by molar-refractivity contribution is -0.112. The standard InChI is InChI=1S/C17H15ClO/c1-12(10-13(2)19)15-8-9-16(17(18)11-15)14-6-4-3-5-7-14/h3-11H,1-2H3/b12-10-. The van der Waals surface area contributed by atoms with E-state index in [4.69, 9.17) is 11.6 Å². The fourth-order valence-electron chi connectivity index (χ4n) is 2.00. The van der Waals surface area contributed by atoms with E-state index in [-0.39, 0.29) is 5.78 Å². The molecule has 0 N–H and O–H groups in total. The Balaban J connectivity index is 2.41. The molecule has 0 bridgehead atoms. The van der Waals surface area contributed by atoms with Crippen LogP contribution in [-0.2, 0) is 4.79 Å².